The Hall–Kier alpha value is -1.35. The molecular weight excluding hydrogens is 226 g/mol. The molecule has 1 atom stereocenters. The Bertz CT molecular complexity index is 423. The second-order valence-electron chi connectivity index (χ2n) is 4.91. The summed E-state index contributed by atoms with van der Waals surface area (Å²) >= 11 is 0. The van der Waals surface area contributed by atoms with E-state index in [1.54, 1.807) is 0 Å². The van der Waals surface area contributed by atoms with Crippen LogP contribution in [0, 0.1) is 5.92 Å². The molecule has 1 aromatic rings. The molecule has 1 aromatic carbocycles. The van der Waals surface area contributed by atoms with Crippen LogP contribution in [0.4, 0.5) is 0 Å². The fourth-order valence-electron chi connectivity index (χ4n) is 2.33. The summed E-state index contributed by atoms with van der Waals surface area (Å²) in [5, 5.41) is 0. The Morgan fingerprint density at radius 2 is 1.94 bits per heavy atom. The van der Waals surface area contributed by atoms with Crippen LogP contribution in [0.1, 0.15) is 37.8 Å². The quantitative estimate of drug-likeness (QED) is 0.813. The molecule has 2 N–H and O–H groups in total. The number of nitrogens with two attached hydrogens (primary N) is 1. The van der Waals surface area contributed by atoms with Crippen molar-refractivity contribution in [1.82, 2.24) is 0 Å². The summed E-state index contributed by atoms with van der Waals surface area (Å²) in [5.74, 6) is -0.0687. The lowest BCUT2D eigenvalue weighted by Crippen LogP contribution is -2.48. The zero-order valence-electron chi connectivity index (χ0n) is 11.1. The van der Waals surface area contributed by atoms with Gasteiger partial charge in [0.15, 0.2) is 0 Å². The Morgan fingerprint density at radius 3 is 2.39 bits per heavy atom. The highest BCUT2D eigenvalue weighted by molar-refractivity contribution is 5.83. The van der Waals surface area contributed by atoms with E-state index in [2.05, 4.69) is 6.92 Å². The molecule has 1 aliphatic rings. The van der Waals surface area contributed by atoms with Crippen LogP contribution in [0.25, 0.3) is 0 Å². The van der Waals surface area contributed by atoms with Gasteiger partial charge in [-0.1, -0.05) is 31.2 Å². The van der Waals surface area contributed by atoms with Gasteiger partial charge < -0.3 is 10.5 Å². The zero-order valence-corrected chi connectivity index (χ0v) is 11.1. The molecule has 0 aromatic heterocycles. The van der Waals surface area contributed by atoms with Crippen molar-refractivity contribution in [2.24, 2.45) is 11.7 Å². The van der Waals surface area contributed by atoms with Crippen LogP contribution in [0.2, 0.25) is 0 Å². The Kier molecular flexibility index (Phi) is 3.71. The number of carbonyl (C=O) groups excluding carboxylic acids is 1. The SMILES string of the molecule is CCOC(=O)C(N)(c1ccc(CC)cc1)C1CC1. The maximum Gasteiger partial charge on any atom is 0.331 e. The van der Waals surface area contributed by atoms with Crippen LogP contribution < -0.4 is 5.73 Å². The van der Waals surface area contributed by atoms with Gasteiger partial charge in [-0.05, 0) is 43.2 Å². The van der Waals surface area contributed by atoms with E-state index < -0.39 is 5.54 Å². The Labute approximate surface area is 108 Å². The third-order valence-corrected chi connectivity index (χ3v) is 3.67. The van der Waals surface area contributed by atoms with E-state index in [1.807, 2.05) is 31.2 Å². The molecule has 0 spiro atoms. The Balaban J connectivity index is 2.31. The van der Waals surface area contributed by atoms with Crippen LogP contribution in [-0.4, -0.2) is 12.6 Å². The van der Waals surface area contributed by atoms with Crippen molar-refractivity contribution in [3.63, 3.8) is 0 Å². The normalized spacial score (nSPS) is 18.2. The van der Waals surface area contributed by atoms with Gasteiger partial charge >= 0.3 is 5.97 Å². The van der Waals surface area contributed by atoms with Gasteiger partial charge in [-0.2, -0.15) is 0 Å². The molecule has 1 fully saturated rings. The number of aryl methyl sites for hydroxylation is 1. The Morgan fingerprint density at radius 1 is 1.33 bits per heavy atom. The predicted molar refractivity (Wildman–Crippen MR) is 71.0 cm³/mol. The average molecular weight is 247 g/mol. The molecule has 1 saturated carbocycles. The highest BCUT2D eigenvalue weighted by Gasteiger charge is 2.50. The van der Waals surface area contributed by atoms with E-state index in [4.69, 9.17) is 10.5 Å². The standard InChI is InChI=1S/C15H21NO2/c1-3-11-5-7-12(8-6-11)15(16,13-9-10-13)14(17)18-4-2/h5-8,13H,3-4,9-10,16H2,1-2H3. The number of hydrogen-bond donors (Lipinski definition) is 1. The minimum absolute atomic E-state index is 0.226. The molecule has 0 saturated heterocycles. The molecule has 0 bridgehead atoms. The monoisotopic (exact) mass is 247 g/mol. The smallest absolute Gasteiger partial charge is 0.331 e. The minimum Gasteiger partial charge on any atom is -0.464 e. The number of rotatable bonds is 5. The van der Waals surface area contributed by atoms with Gasteiger partial charge in [-0.15, -0.1) is 0 Å². The zero-order chi connectivity index (χ0) is 13.2. The van der Waals surface area contributed by atoms with Crippen molar-refractivity contribution < 1.29 is 9.53 Å². The topological polar surface area (TPSA) is 52.3 Å². The fourth-order valence-corrected chi connectivity index (χ4v) is 2.33. The lowest BCUT2D eigenvalue weighted by molar-refractivity contribution is -0.151. The first-order chi connectivity index (χ1) is 8.62. The number of benzene rings is 1. The van der Waals surface area contributed by atoms with E-state index in [9.17, 15) is 4.79 Å². The van der Waals surface area contributed by atoms with Crippen molar-refractivity contribution in [2.45, 2.75) is 38.6 Å². The van der Waals surface area contributed by atoms with Crippen molar-refractivity contribution in [3.05, 3.63) is 35.4 Å². The van der Waals surface area contributed by atoms with Crippen LogP contribution in [0.15, 0.2) is 24.3 Å². The summed E-state index contributed by atoms with van der Waals surface area (Å²) in [5.41, 5.74) is 7.54. The van der Waals surface area contributed by atoms with E-state index in [0.29, 0.717) is 6.61 Å². The van der Waals surface area contributed by atoms with Crippen molar-refractivity contribution in [1.29, 1.82) is 0 Å². The molecule has 98 valence electrons. The number of esters is 1. The first-order valence-electron chi connectivity index (χ1n) is 6.68. The summed E-state index contributed by atoms with van der Waals surface area (Å²) in [6, 6.07) is 8.01. The summed E-state index contributed by atoms with van der Waals surface area (Å²) in [6.07, 6.45) is 3.00. The van der Waals surface area contributed by atoms with Gasteiger partial charge in [0, 0.05) is 0 Å². The molecule has 3 heteroatoms. The van der Waals surface area contributed by atoms with E-state index in [-0.39, 0.29) is 11.9 Å². The fraction of sp³-hybridized carbons (Fsp3) is 0.533. The number of ether oxygens (including phenoxy) is 1. The van der Waals surface area contributed by atoms with Crippen LogP contribution in [-0.2, 0) is 21.5 Å². The molecule has 0 aliphatic heterocycles. The number of carbonyl (C=O) groups is 1. The average Bonchev–Trinajstić information content (AvgIpc) is 3.23. The molecule has 0 amide bonds. The summed E-state index contributed by atoms with van der Waals surface area (Å²) in [6.45, 7) is 4.29. The molecular formula is C15H21NO2. The second-order valence-corrected chi connectivity index (χ2v) is 4.91. The summed E-state index contributed by atoms with van der Waals surface area (Å²) in [4.78, 5) is 12.2. The van der Waals surface area contributed by atoms with Gasteiger partial charge in [0.25, 0.3) is 0 Å². The highest BCUT2D eigenvalue weighted by atomic mass is 16.5. The van der Waals surface area contributed by atoms with E-state index in [0.717, 1.165) is 24.8 Å². The molecule has 3 nitrogen and oxygen atoms in total. The first kappa shape index (κ1) is 13.1. The van der Waals surface area contributed by atoms with Gasteiger partial charge in [-0.3, -0.25) is 0 Å². The third-order valence-electron chi connectivity index (χ3n) is 3.67. The molecule has 18 heavy (non-hydrogen) atoms. The predicted octanol–water partition coefficient (Wildman–Crippen LogP) is 2.38. The van der Waals surface area contributed by atoms with Crippen LogP contribution in [0.3, 0.4) is 0 Å². The minimum atomic E-state index is -0.956. The summed E-state index contributed by atoms with van der Waals surface area (Å²) in [7, 11) is 0. The lowest BCUT2D eigenvalue weighted by Gasteiger charge is -2.27. The van der Waals surface area contributed by atoms with Crippen molar-refractivity contribution >= 4 is 5.97 Å². The van der Waals surface area contributed by atoms with E-state index in [1.165, 1.54) is 5.56 Å². The highest BCUT2D eigenvalue weighted by Crippen LogP contribution is 2.44. The molecule has 0 heterocycles. The van der Waals surface area contributed by atoms with Crippen LogP contribution in [0.5, 0.6) is 0 Å². The number of hydrogen-bond acceptors (Lipinski definition) is 3. The third kappa shape index (κ3) is 2.27. The van der Waals surface area contributed by atoms with Gasteiger partial charge in [0.1, 0.15) is 5.54 Å². The molecule has 0 radical (unpaired) electrons. The van der Waals surface area contributed by atoms with Crippen LogP contribution >= 0.6 is 0 Å². The maximum absolute atomic E-state index is 12.2. The second kappa shape index (κ2) is 5.11. The van der Waals surface area contributed by atoms with Gasteiger partial charge in [0.2, 0.25) is 0 Å². The largest absolute Gasteiger partial charge is 0.464 e. The van der Waals surface area contributed by atoms with Gasteiger partial charge in [-0.25, -0.2) is 4.79 Å². The molecule has 2 rings (SSSR count). The molecule has 1 unspecified atom stereocenters. The van der Waals surface area contributed by atoms with Crippen molar-refractivity contribution in [3.8, 4) is 0 Å². The van der Waals surface area contributed by atoms with E-state index >= 15 is 0 Å². The molecule has 1 aliphatic carbocycles. The van der Waals surface area contributed by atoms with Crippen molar-refractivity contribution in [2.75, 3.05) is 6.61 Å². The summed E-state index contributed by atoms with van der Waals surface area (Å²) < 4.78 is 5.16. The van der Waals surface area contributed by atoms with Gasteiger partial charge in [0.05, 0.1) is 6.61 Å². The first-order valence-corrected chi connectivity index (χ1v) is 6.68. The lowest BCUT2D eigenvalue weighted by atomic mass is 9.85. The maximum atomic E-state index is 12.2.